The molecule has 1 N–H and O–H groups in total. The van der Waals surface area contributed by atoms with E-state index < -0.39 is 26.8 Å². The van der Waals surface area contributed by atoms with Crippen LogP contribution in [-0.2, 0) is 9.84 Å². The molecular weight excluding hydrogens is 365 g/mol. The predicted octanol–water partition coefficient (Wildman–Crippen LogP) is 3.43. The lowest BCUT2D eigenvalue weighted by Gasteiger charge is -2.15. The fourth-order valence-electron chi connectivity index (χ4n) is 2.29. The first-order valence-electron chi connectivity index (χ1n) is 7.33. The summed E-state index contributed by atoms with van der Waals surface area (Å²) in [5.74, 6) is -0.698. The van der Waals surface area contributed by atoms with Crippen LogP contribution in [0.4, 0.5) is 4.39 Å². The topological polar surface area (TPSA) is 76.4 Å². The molecule has 2 heterocycles. The normalized spacial score (nSPS) is 12.7. The van der Waals surface area contributed by atoms with Gasteiger partial charge in [-0.1, -0.05) is 6.07 Å². The molecule has 130 valence electrons. The number of hydrogen-bond acceptors (Lipinski definition) is 5. The average Bonchev–Trinajstić information content (AvgIpc) is 3.29. The summed E-state index contributed by atoms with van der Waals surface area (Å²) >= 11 is 1.10. The maximum Gasteiger partial charge on any atom is 0.251 e. The quantitative estimate of drug-likeness (QED) is 0.712. The van der Waals surface area contributed by atoms with Crippen LogP contribution in [0.25, 0.3) is 0 Å². The molecule has 0 saturated heterocycles. The van der Waals surface area contributed by atoms with Crippen molar-refractivity contribution in [3.05, 3.63) is 77.3 Å². The van der Waals surface area contributed by atoms with Crippen molar-refractivity contribution in [1.82, 2.24) is 5.32 Å². The first-order chi connectivity index (χ1) is 12.0. The summed E-state index contributed by atoms with van der Waals surface area (Å²) in [7, 11) is -3.72. The molecule has 1 amide bonds. The molecule has 0 bridgehead atoms. The van der Waals surface area contributed by atoms with Crippen LogP contribution in [0.1, 0.15) is 21.4 Å². The molecule has 3 rings (SSSR count). The number of carbonyl (C=O) groups is 1. The van der Waals surface area contributed by atoms with Gasteiger partial charge in [0.2, 0.25) is 0 Å². The summed E-state index contributed by atoms with van der Waals surface area (Å²) < 4.78 is 44.1. The van der Waals surface area contributed by atoms with Crippen LogP contribution in [-0.4, -0.2) is 20.9 Å². The minimum Gasteiger partial charge on any atom is -0.468 e. The second-order valence-corrected chi connectivity index (χ2v) is 8.50. The highest BCUT2D eigenvalue weighted by Gasteiger charge is 2.32. The first-order valence-corrected chi connectivity index (χ1v) is 9.75. The van der Waals surface area contributed by atoms with Gasteiger partial charge in [0.15, 0.2) is 9.84 Å². The highest BCUT2D eigenvalue weighted by Crippen LogP contribution is 2.31. The average molecular weight is 379 g/mol. The zero-order valence-electron chi connectivity index (χ0n) is 12.9. The van der Waals surface area contributed by atoms with E-state index in [1.54, 1.807) is 23.6 Å². The van der Waals surface area contributed by atoms with Crippen LogP contribution in [0.2, 0.25) is 0 Å². The number of hydrogen-bond donors (Lipinski definition) is 1. The Morgan fingerprint density at radius 2 is 1.92 bits per heavy atom. The predicted molar refractivity (Wildman–Crippen MR) is 91.7 cm³/mol. The summed E-state index contributed by atoms with van der Waals surface area (Å²) in [4.78, 5) is 12.2. The molecular formula is C17H14FNO4S2. The largest absolute Gasteiger partial charge is 0.468 e. The fraction of sp³-hybridized carbons (Fsp3) is 0.118. The number of amides is 1. The van der Waals surface area contributed by atoms with Gasteiger partial charge in [0.05, 0.1) is 6.26 Å². The molecule has 2 aromatic heterocycles. The maximum atomic E-state index is 12.9. The van der Waals surface area contributed by atoms with Gasteiger partial charge in [0.1, 0.15) is 21.0 Å². The zero-order chi connectivity index (χ0) is 17.9. The standard InChI is InChI=1S/C17H14FNO4S2/c18-13-7-5-12(6-8-13)17(20)19-11-15(14-3-1-9-23-14)25(21,22)16-4-2-10-24-16/h1-10,15H,11H2,(H,19,20). The Bertz CT molecular complexity index is 933. The number of carbonyl (C=O) groups excluding carboxylic acids is 1. The lowest BCUT2D eigenvalue weighted by Crippen LogP contribution is -2.31. The molecule has 3 aromatic rings. The molecule has 0 aliphatic rings. The van der Waals surface area contributed by atoms with E-state index in [0.717, 1.165) is 11.3 Å². The van der Waals surface area contributed by atoms with Gasteiger partial charge in [-0.15, -0.1) is 11.3 Å². The van der Waals surface area contributed by atoms with Gasteiger partial charge in [0.25, 0.3) is 5.91 Å². The third-order valence-electron chi connectivity index (χ3n) is 3.57. The van der Waals surface area contributed by atoms with E-state index in [1.165, 1.54) is 36.6 Å². The summed E-state index contributed by atoms with van der Waals surface area (Å²) in [6.07, 6.45) is 1.38. The third-order valence-corrected chi connectivity index (χ3v) is 7.06. The first kappa shape index (κ1) is 17.4. The molecule has 25 heavy (non-hydrogen) atoms. The summed E-state index contributed by atoms with van der Waals surface area (Å²) in [6, 6.07) is 11.3. The van der Waals surface area contributed by atoms with Crippen molar-refractivity contribution < 1.29 is 22.0 Å². The fourth-order valence-corrected chi connectivity index (χ4v) is 5.08. The van der Waals surface area contributed by atoms with E-state index >= 15 is 0 Å². The van der Waals surface area contributed by atoms with Crippen molar-refractivity contribution in [2.45, 2.75) is 9.46 Å². The van der Waals surface area contributed by atoms with E-state index in [9.17, 15) is 17.6 Å². The van der Waals surface area contributed by atoms with Gasteiger partial charge >= 0.3 is 0 Å². The van der Waals surface area contributed by atoms with Crippen molar-refractivity contribution in [3.63, 3.8) is 0 Å². The Hall–Kier alpha value is -2.45. The van der Waals surface area contributed by atoms with Gasteiger partial charge in [-0.3, -0.25) is 4.79 Å². The van der Waals surface area contributed by atoms with Gasteiger partial charge in [0, 0.05) is 12.1 Å². The Morgan fingerprint density at radius 3 is 2.52 bits per heavy atom. The SMILES string of the molecule is O=C(NCC(c1ccco1)S(=O)(=O)c1cccs1)c1ccc(F)cc1. The minimum atomic E-state index is -3.72. The number of benzene rings is 1. The number of thiophene rings is 1. The molecule has 0 saturated carbocycles. The molecule has 8 heteroatoms. The number of halogens is 1. The molecule has 1 aromatic carbocycles. The van der Waals surface area contributed by atoms with Crippen molar-refractivity contribution in [3.8, 4) is 0 Å². The summed E-state index contributed by atoms with van der Waals surface area (Å²) in [5.41, 5.74) is 0.244. The second kappa shape index (κ2) is 7.20. The minimum absolute atomic E-state index is 0.163. The monoisotopic (exact) mass is 379 g/mol. The zero-order valence-corrected chi connectivity index (χ0v) is 14.5. The Morgan fingerprint density at radius 1 is 1.16 bits per heavy atom. The van der Waals surface area contributed by atoms with Crippen LogP contribution < -0.4 is 5.32 Å². The van der Waals surface area contributed by atoms with Crippen LogP contribution in [0.5, 0.6) is 0 Å². The number of furan rings is 1. The number of sulfone groups is 1. The highest BCUT2D eigenvalue weighted by molar-refractivity contribution is 7.93. The smallest absolute Gasteiger partial charge is 0.251 e. The van der Waals surface area contributed by atoms with Crippen molar-refractivity contribution in [2.24, 2.45) is 0 Å². The lowest BCUT2D eigenvalue weighted by molar-refractivity contribution is 0.0953. The van der Waals surface area contributed by atoms with E-state index in [0.29, 0.717) is 0 Å². The number of nitrogens with one attached hydrogen (secondary N) is 1. The van der Waals surface area contributed by atoms with Crippen LogP contribution >= 0.6 is 11.3 Å². The molecule has 0 fully saturated rings. The Kier molecular flexibility index (Phi) is 5.00. The van der Waals surface area contributed by atoms with Gasteiger partial charge in [-0.05, 0) is 47.8 Å². The van der Waals surface area contributed by atoms with Gasteiger partial charge < -0.3 is 9.73 Å². The van der Waals surface area contributed by atoms with E-state index in [1.807, 2.05) is 0 Å². The Balaban J connectivity index is 1.82. The summed E-state index contributed by atoms with van der Waals surface area (Å²) in [5, 5.41) is 3.20. The van der Waals surface area contributed by atoms with Crippen molar-refractivity contribution in [1.29, 1.82) is 0 Å². The molecule has 0 aliphatic carbocycles. The van der Waals surface area contributed by atoms with Crippen molar-refractivity contribution in [2.75, 3.05) is 6.54 Å². The molecule has 5 nitrogen and oxygen atoms in total. The Labute approximate surface area is 148 Å². The van der Waals surface area contributed by atoms with Crippen LogP contribution in [0, 0.1) is 5.82 Å². The van der Waals surface area contributed by atoms with Gasteiger partial charge in [-0.2, -0.15) is 0 Å². The van der Waals surface area contributed by atoms with E-state index in [4.69, 9.17) is 4.42 Å². The van der Waals surface area contributed by atoms with Gasteiger partial charge in [-0.25, -0.2) is 12.8 Å². The molecule has 1 atom stereocenters. The molecule has 0 radical (unpaired) electrons. The van der Waals surface area contributed by atoms with E-state index in [2.05, 4.69) is 5.32 Å². The molecule has 0 aliphatic heterocycles. The third kappa shape index (κ3) is 3.80. The van der Waals surface area contributed by atoms with Crippen molar-refractivity contribution >= 4 is 27.1 Å². The highest BCUT2D eigenvalue weighted by atomic mass is 32.2. The second-order valence-electron chi connectivity index (χ2n) is 5.20. The number of rotatable bonds is 6. The van der Waals surface area contributed by atoms with E-state index in [-0.39, 0.29) is 22.1 Å². The molecule has 0 spiro atoms. The maximum absolute atomic E-state index is 12.9. The lowest BCUT2D eigenvalue weighted by atomic mass is 10.2. The van der Waals surface area contributed by atoms with Crippen LogP contribution in [0.15, 0.2) is 68.8 Å². The van der Waals surface area contributed by atoms with Crippen LogP contribution in [0.3, 0.4) is 0 Å². The molecule has 1 unspecified atom stereocenters. The summed E-state index contributed by atoms with van der Waals surface area (Å²) in [6.45, 7) is -0.163.